The first-order valence-corrected chi connectivity index (χ1v) is 7.61. The summed E-state index contributed by atoms with van der Waals surface area (Å²) >= 11 is 5.29. The van der Waals surface area contributed by atoms with Crippen LogP contribution in [0.15, 0.2) is 15.9 Å². The normalized spacial score (nSPS) is 12.0. The molecule has 1 nitrogen and oxygen atoms in total. The molecule has 0 bridgehead atoms. The maximum absolute atomic E-state index is 3.57. The standard InChI is InChI=1S/C13H22BrNS/c1-9(2)13(10(3)4)7-15-6-12-5-11(14)8-16-12/h5,8-10,13,15H,6-7H2,1-4H3. The maximum atomic E-state index is 3.57. The van der Waals surface area contributed by atoms with E-state index in [4.69, 9.17) is 0 Å². The van der Waals surface area contributed by atoms with Crippen molar-refractivity contribution in [1.29, 1.82) is 0 Å². The van der Waals surface area contributed by atoms with Crippen LogP contribution in [0.4, 0.5) is 0 Å². The Morgan fingerprint density at radius 1 is 1.25 bits per heavy atom. The topological polar surface area (TPSA) is 12.0 Å². The highest BCUT2D eigenvalue weighted by Gasteiger charge is 2.16. The molecule has 0 unspecified atom stereocenters. The molecule has 3 heteroatoms. The fraction of sp³-hybridized carbons (Fsp3) is 0.692. The van der Waals surface area contributed by atoms with Crippen LogP contribution in [0.25, 0.3) is 0 Å². The summed E-state index contributed by atoms with van der Waals surface area (Å²) in [4.78, 5) is 1.40. The Kier molecular flexibility index (Phi) is 6.01. The molecule has 0 saturated carbocycles. The van der Waals surface area contributed by atoms with Crippen molar-refractivity contribution in [2.24, 2.45) is 17.8 Å². The number of nitrogens with one attached hydrogen (secondary N) is 1. The molecule has 0 aliphatic rings. The monoisotopic (exact) mass is 303 g/mol. The summed E-state index contributed by atoms with van der Waals surface area (Å²) in [7, 11) is 0. The van der Waals surface area contributed by atoms with Gasteiger partial charge in [-0.1, -0.05) is 27.7 Å². The molecule has 0 atom stereocenters. The van der Waals surface area contributed by atoms with Gasteiger partial charge in [0, 0.05) is 21.3 Å². The van der Waals surface area contributed by atoms with E-state index in [-0.39, 0.29) is 0 Å². The first kappa shape index (κ1) is 14.2. The van der Waals surface area contributed by atoms with Crippen LogP contribution in [-0.4, -0.2) is 6.54 Å². The van der Waals surface area contributed by atoms with Crippen LogP contribution in [0.3, 0.4) is 0 Å². The van der Waals surface area contributed by atoms with Gasteiger partial charge < -0.3 is 5.32 Å². The number of hydrogen-bond acceptors (Lipinski definition) is 2. The molecule has 0 amide bonds. The van der Waals surface area contributed by atoms with Crippen molar-refractivity contribution in [2.75, 3.05) is 6.54 Å². The third-order valence-corrected chi connectivity index (χ3v) is 4.71. The third-order valence-electron chi connectivity index (χ3n) is 3.01. The molecule has 0 aromatic carbocycles. The third kappa shape index (κ3) is 4.56. The number of rotatable bonds is 6. The van der Waals surface area contributed by atoms with Crippen LogP contribution in [0, 0.1) is 17.8 Å². The molecule has 1 heterocycles. The maximum Gasteiger partial charge on any atom is 0.0300 e. The van der Waals surface area contributed by atoms with Crippen molar-refractivity contribution in [3.05, 3.63) is 20.8 Å². The molecule has 1 aromatic rings. The van der Waals surface area contributed by atoms with Gasteiger partial charge in [-0.2, -0.15) is 0 Å². The van der Waals surface area contributed by atoms with Gasteiger partial charge in [-0.15, -0.1) is 11.3 Å². The van der Waals surface area contributed by atoms with E-state index in [1.165, 1.54) is 9.35 Å². The summed E-state index contributed by atoms with van der Waals surface area (Å²) in [5.74, 6) is 2.27. The molecule has 1 N–H and O–H groups in total. The van der Waals surface area contributed by atoms with E-state index in [0.717, 1.165) is 30.8 Å². The zero-order valence-electron chi connectivity index (χ0n) is 10.6. The van der Waals surface area contributed by atoms with Gasteiger partial charge in [0.15, 0.2) is 0 Å². The van der Waals surface area contributed by atoms with E-state index in [0.29, 0.717) is 0 Å². The van der Waals surface area contributed by atoms with E-state index in [2.05, 4.69) is 60.4 Å². The molecule has 0 radical (unpaired) electrons. The molecule has 1 rings (SSSR count). The van der Waals surface area contributed by atoms with Gasteiger partial charge in [-0.05, 0) is 46.3 Å². The highest BCUT2D eigenvalue weighted by atomic mass is 79.9. The molecule has 1 aromatic heterocycles. The number of thiophene rings is 1. The Hall–Kier alpha value is 0.140. The van der Waals surface area contributed by atoms with Crippen LogP contribution in [-0.2, 0) is 6.54 Å². The van der Waals surface area contributed by atoms with Crippen molar-refractivity contribution < 1.29 is 0 Å². The second-order valence-corrected chi connectivity index (χ2v) is 6.93. The highest BCUT2D eigenvalue weighted by Crippen LogP contribution is 2.21. The summed E-state index contributed by atoms with van der Waals surface area (Å²) < 4.78 is 1.19. The van der Waals surface area contributed by atoms with Crippen LogP contribution < -0.4 is 5.32 Å². The Bertz CT molecular complexity index is 299. The van der Waals surface area contributed by atoms with Gasteiger partial charge in [0.2, 0.25) is 0 Å². The van der Waals surface area contributed by atoms with Crippen molar-refractivity contribution in [3.63, 3.8) is 0 Å². The van der Waals surface area contributed by atoms with Crippen LogP contribution in [0.5, 0.6) is 0 Å². The first-order valence-electron chi connectivity index (χ1n) is 5.94. The molecule has 0 aliphatic carbocycles. The van der Waals surface area contributed by atoms with Crippen molar-refractivity contribution in [1.82, 2.24) is 5.32 Å². The summed E-state index contributed by atoms with van der Waals surface area (Å²) in [5.41, 5.74) is 0. The predicted octanol–water partition coefficient (Wildman–Crippen LogP) is 4.53. The first-order chi connectivity index (χ1) is 7.50. The highest BCUT2D eigenvalue weighted by molar-refractivity contribution is 9.10. The largest absolute Gasteiger partial charge is 0.312 e. The smallest absolute Gasteiger partial charge is 0.0300 e. The molecule has 16 heavy (non-hydrogen) atoms. The minimum atomic E-state index is 0.752. The molecule has 92 valence electrons. The van der Waals surface area contributed by atoms with Crippen LogP contribution in [0.1, 0.15) is 32.6 Å². The van der Waals surface area contributed by atoms with Gasteiger partial charge in [-0.25, -0.2) is 0 Å². The van der Waals surface area contributed by atoms with Crippen molar-refractivity contribution in [2.45, 2.75) is 34.2 Å². The SMILES string of the molecule is CC(C)C(CNCc1cc(Br)cs1)C(C)C. The lowest BCUT2D eigenvalue weighted by Crippen LogP contribution is -2.29. The van der Waals surface area contributed by atoms with Crippen LogP contribution in [0.2, 0.25) is 0 Å². The molecular formula is C13H22BrNS. The van der Waals surface area contributed by atoms with E-state index < -0.39 is 0 Å². The average Bonchev–Trinajstić information content (AvgIpc) is 2.57. The Morgan fingerprint density at radius 2 is 1.88 bits per heavy atom. The van der Waals surface area contributed by atoms with Gasteiger partial charge in [-0.3, -0.25) is 0 Å². The fourth-order valence-electron chi connectivity index (χ4n) is 2.05. The summed E-state index contributed by atoms with van der Waals surface area (Å²) in [6.45, 7) is 11.4. The molecular weight excluding hydrogens is 282 g/mol. The predicted molar refractivity (Wildman–Crippen MR) is 76.9 cm³/mol. The second kappa shape index (κ2) is 6.77. The zero-order chi connectivity index (χ0) is 12.1. The Labute approximate surface area is 112 Å². The quantitative estimate of drug-likeness (QED) is 0.814. The van der Waals surface area contributed by atoms with E-state index in [9.17, 15) is 0 Å². The summed E-state index contributed by atoms with van der Waals surface area (Å²) in [6, 6.07) is 2.19. The van der Waals surface area contributed by atoms with Gasteiger partial charge in [0.1, 0.15) is 0 Å². The zero-order valence-corrected chi connectivity index (χ0v) is 13.0. The summed E-state index contributed by atoms with van der Waals surface area (Å²) in [6.07, 6.45) is 0. The van der Waals surface area contributed by atoms with Crippen LogP contribution >= 0.6 is 27.3 Å². The van der Waals surface area contributed by atoms with E-state index in [1.807, 2.05) is 11.3 Å². The Balaban J connectivity index is 2.33. The van der Waals surface area contributed by atoms with Crippen molar-refractivity contribution >= 4 is 27.3 Å². The molecule has 0 spiro atoms. The average molecular weight is 304 g/mol. The minimum Gasteiger partial charge on any atom is -0.312 e. The number of halogens is 1. The minimum absolute atomic E-state index is 0.752. The lowest BCUT2D eigenvalue weighted by atomic mass is 9.85. The summed E-state index contributed by atoms with van der Waals surface area (Å²) in [5, 5.41) is 5.71. The van der Waals surface area contributed by atoms with Crippen molar-refractivity contribution in [3.8, 4) is 0 Å². The van der Waals surface area contributed by atoms with E-state index in [1.54, 1.807) is 0 Å². The van der Waals surface area contributed by atoms with Gasteiger partial charge in [0.25, 0.3) is 0 Å². The lowest BCUT2D eigenvalue weighted by Gasteiger charge is -2.25. The number of hydrogen-bond donors (Lipinski definition) is 1. The Morgan fingerprint density at radius 3 is 2.31 bits per heavy atom. The van der Waals surface area contributed by atoms with Gasteiger partial charge >= 0.3 is 0 Å². The fourth-order valence-corrected chi connectivity index (χ4v) is 3.47. The lowest BCUT2D eigenvalue weighted by molar-refractivity contribution is 0.276. The molecule has 0 fully saturated rings. The van der Waals surface area contributed by atoms with E-state index >= 15 is 0 Å². The van der Waals surface area contributed by atoms with Gasteiger partial charge in [0.05, 0.1) is 0 Å². The second-order valence-electron chi connectivity index (χ2n) is 5.01. The molecule has 0 saturated heterocycles. The molecule has 0 aliphatic heterocycles.